The van der Waals surface area contributed by atoms with Crippen molar-refractivity contribution in [3.05, 3.63) is 72.1 Å². The van der Waals surface area contributed by atoms with E-state index in [1.165, 1.54) is 36.7 Å². The van der Waals surface area contributed by atoms with Gasteiger partial charge in [0.15, 0.2) is 6.61 Å². The number of nitrogens with zero attached hydrogens (tertiary/aromatic N) is 2. The summed E-state index contributed by atoms with van der Waals surface area (Å²) in [5, 5.41) is 2.70. The second kappa shape index (κ2) is 9.57. The van der Waals surface area contributed by atoms with E-state index < -0.39 is 10.0 Å². The third-order valence-electron chi connectivity index (χ3n) is 4.39. The van der Waals surface area contributed by atoms with Gasteiger partial charge in [-0.25, -0.2) is 23.1 Å². The quantitative estimate of drug-likeness (QED) is 0.552. The molecule has 0 aliphatic carbocycles. The molecule has 3 aromatic rings. The van der Waals surface area contributed by atoms with Crippen LogP contribution in [0.2, 0.25) is 0 Å². The fourth-order valence-electron chi connectivity index (χ4n) is 2.83. The van der Waals surface area contributed by atoms with Crippen molar-refractivity contribution >= 4 is 27.6 Å². The highest BCUT2D eigenvalue weighted by atomic mass is 32.2. The topological polar surface area (TPSA) is 110 Å². The van der Waals surface area contributed by atoms with Crippen LogP contribution in [-0.4, -0.2) is 30.9 Å². The van der Waals surface area contributed by atoms with E-state index in [4.69, 9.17) is 4.74 Å². The Morgan fingerprint density at radius 1 is 1.06 bits per heavy atom. The average molecular weight is 441 g/mol. The summed E-state index contributed by atoms with van der Waals surface area (Å²) >= 11 is 0. The fourth-order valence-corrected chi connectivity index (χ4v) is 3.79. The van der Waals surface area contributed by atoms with Crippen LogP contribution < -0.4 is 14.8 Å². The van der Waals surface area contributed by atoms with Crippen LogP contribution in [0.3, 0.4) is 0 Å². The second-order valence-corrected chi connectivity index (χ2v) is 8.92. The summed E-state index contributed by atoms with van der Waals surface area (Å²) in [6.07, 6.45) is 2.87. The molecule has 0 fully saturated rings. The lowest BCUT2D eigenvalue weighted by Gasteiger charge is -2.15. The molecule has 3 rings (SSSR count). The van der Waals surface area contributed by atoms with Gasteiger partial charge in [-0.15, -0.1) is 0 Å². The van der Waals surface area contributed by atoms with Gasteiger partial charge in [-0.1, -0.05) is 26.0 Å². The molecule has 31 heavy (non-hydrogen) atoms. The summed E-state index contributed by atoms with van der Waals surface area (Å²) in [4.78, 5) is 20.0. The lowest BCUT2D eigenvalue weighted by atomic mass is 10.0. The molecule has 0 bridgehead atoms. The van der Waals surface area contributed by atoms with E-state index in [0.717, 1.165) is 11.1 Å². The SMILES string of the molecule is Cc1ccc(C(C)C)c(OCC(=O)Nc2ccc(S(=O)(=O)Nc3ncccn3)cc2)c1. The van der Waals surface area contributed by atoms with E-state index in [-0.39, 0.29) is 29.3 Å². The molecule has 0 atom stereocenters. The Morgan fingerprint density at radius 3 is 2.39 bits per heavy atom. The molecule has 1 heterocycles. The maximum absolute atomic E-state index is 12.4. The fraction of sp³-hybridized carbons (Fsp3) is 0.227. The summed E-state index contributed by atoms with van der Waals surface area (Å²) < 4.78 is 32.8. The summed E-state index contributed by atoms with van der Waals surface area (Å²) in [6, 6.07) is 13.3. The van der Waals surface area contributed by atoms with E-state index in [2.05, 4.69) is 33.9 Å². The normalized spacial score (nSPS) is 11.2. The smallest absolute Gasteiger partial charge is 0.264 e. The maximum atomic E-state index is 12.4. The number of carbonyl (C=O) groups is 1. The zero-order valence-corrected chi connectivity index (χ0v) is 18.3. The lowest BCUT2D eigenvalue weighted by molar-refractivity contribution is -0.118. The van der Waals surface area contributed by atoms with Crippen LogP contribution in [0.1, 0.15) is 30.9 Å². The summed E-state index contributed by atoms with van der Waals surface area (Å²) in [7, 11) is -3.83. The van der Waals surface area contributed by atoms with Gasteiger partial charge in [0.25, 0.3) is 15.9 Å². The molecule has 0 aliphatic rings. The monoisotopic (exact) mass is 440 g/mol. The molecule has 0 aliphatic heterocycles. The van der Waals surface area contributed by atoms with Gasteiger partial charge in [0.05, 0.1) is 4.90 Å². The molecular formula is C22H24N4O4S. The van der Waals surface area contributed by atoms with Gasteiger partial charge in [-0.05, 0) is 60.4 Å². The molecule has 0 spiro atoms. The number of aryl methyl sites for hydroxylation is 1. The van der Waals surface area contributed by atoms with Crippen LogP contribution in [0.4, 0.5) is 11.6 Å². The van der Waals surface area contributed by atoms with Gasteiger partial charge < -0.3 is 10.1 Å². The summed E-state index contributed by atoms with van der Waals surface area (Å²) in [5.74, 6) is 0.584. The van der Waals surface area contributed by atoms with E-state index in [1.54, 1.807) is 6.07 Å². The highest BCUT2D eigenvalue weighted by molar-refractivity contribution is 7.92. The molecule has 0 radical (unpaired) electrons. The molecule has 9 heteroatoms. The standard InChI is InChI=1S/C22H24N4O4S/c1-15(2)19-10-5-16(3)13-20(19)30-14-21(27)25-17-6-8-18(9-7-17)31(28,29)26-22-23-11-4-12-24-22/h4-13,15H,14H2,1-3H3,(H,25,27)(H,23,24,26). The molecule has 0 unspecified atom stereocenters. The van der Waals surface area contributed by atoms with Crippen LogP contribution in [0.25, 0.3) is 0 Å². The number of anilines is 2. The molecule has 8 nitrogen and oxygen atoms in total. The first kappa shape index (κ1) is 22.2. The predicted octanol–water partition coefficient (Wildman–Crippen LogP) is 3.73. The molecule has 1 amide bonds. The number of ether oxygens (including phenoxy) is 1. The Kier molecular flexibility index (Phi) is 6.86. The minimum Gasteiger partial charge on any atom is -0.483 e. The van der Waals surface area contributed by atoms with E-state index in [1.807, 2.05) is 25.1 Å². The molecule has 162 valence electrons. The average Bonchev–Trinajstić information content (AvgIpc) is 2.73. The van der Waals surface area contributed by atoms with Crippen molar-refractivity contribution in [2.45, 2.75) is 31.6 Å². The van der Waals surface area contributed by atoms with Crippen molar-refractivity contribution in [1.29, 1.82) is 0 Å². The maximum Gasteiger partial charge on any atom is 0.264 e. The Bertz CT molecular complexity index is 1150. The van der Waals surface area contributed by atoms with Crippen LogP contribution in [-0.2, 0) is 14.8 Å². The Hall–Kier alpha value is -3.46. The van der Waals surface area contributed by atoms with Crippen LogP contribution in [0, 0.1) is 6.92 Å². The van der Waals surface area contributed by atoms with Gasteiger partial charge in [0.1, 0.15) is 5.75 Å². The van der Waals surface area contributed by atoms with Gasteiger partial charge in [0.2, 0.25) is 5.95 Å². The number of rotatable bonds is 8. The van der Waals surface area contributed by atoms with Gasteiger partial charge in [-0.3, -0.25) is 4.79 Å². The number of amides is 1. The van der Waals surface area contributed by atoms with Crippen LogP contribution >= 0.6 is 0 Å². The van der Waals surface area contributed by atoms with Gasteiger partial charge >= 0.3 is 0 Å². The van der Waals surface area contributed by atoms with Crippen molar-refractivity contribution in [2.75, 3.05) is 16.6 Å². The number of hydrogen-bond donors (Lipinski definition) is 2. The highest BCUT2D eigenvalue weighted by Gasteiger charge is 2.16. The number of aromatic nitrogens is 2. The van der Waals surface area contributed by atoms with Crippen LogP contribution in [0.15, 0.2) is 65.8 Å². The van der Waals surface area contributed by atoms with Crippen molar-refractivity contribution in [3.8, 4) is 5.75 Å². The zero-order valence-electron chi connectivity index (χ0n) is 17.5. The Morgan fingerprint density at radius 2 is 1.74 bits per heavy atom. The highest BCUT2D eigenvalue weighted by Crippen LogP contribution is 2.27. The first-order chi connectivity index (χ1) is 14.7. The van der Waals surface area contributed by atoms with Gasteiger partial charge in [0, 0.05) is 18.1 Å². The number of benzene rings is 2. The first-order valence-electron chi connectivity index (χ1n) is 9.68. The van der Waals surface area contributed by atoms with E-state index in [0.29, 0.717) is 11.4 Å². The Labute approximate surface area is 181 Å². The van der Waals surface area contributed by atoms with Crippen LogP contribution in [0.5, 0.6) is 5.75 Å². The molecule has 0 saturated heterocycles. The van der Waals surface area contributed by atoms with Crippen molar-refractivity contribution in [2.24, 2.45) is 0 Å². The molecule has 2 N–H and O–H groups in total. The number of hydrogen-bond acceptors (Lipinski definition) is 6. The minimum absolute atomic E-state index is 0.0195. The zero-order chi connectivity index (χ0) is 22.4. The lowest BCUT2D eigenvalue weighted by Crippen LogP contribution is -2.21. The summed E-state index contributed by atoms with van der Waals surface area (Å²) in [5.41, 5.74) is 2.53. The predicted molar refractivity (Wildman–Crippen MR) is 119 cm³/mol. The molecule has 2 aromatic carbocycles. The molecular weight excluding hydrogens is 416 g/mol. The number of sulfonamides is 1. The molecule has 1 aromatic heterocycles. The first-order valence-corrected chi connectivity index (χ1v) is 11.2. The van der Waals surface area contributed by atoms with E-state index >= 15 is 0 Å². The second-order valence-electron chi connectivity index (χ2n) is 7.24. The Balaban J connectivity index is 1.61. The van der Waals surface area contributed by atoms with E-state index in [9.17, 15) is 13.2 Å². The number of carbonyl (C=O) groups excluding carboxylic acids is 1. The molecule has 0 saturated carbocycles. The van der Waals surface area contributed by atoms with Crippen molar-refractivity contribution in [1.82, 2.24) is 9.97 Å². The largest absolute Gasteiger partial charge is 0.483 e. The number of nitrogens with one attached hydrogen (secondary N) is 2. The van der Waals surface area contributed by atoms with Gasteiger partial charge in [-0.2, -0.15) is 0 Å². The van der Waals surface area contributed by atoms with Crippen molar-refractivity contribution < 1.29 is 17.9 Å². The minimum atomic E-state index is -3.83. The van der Waals surface area contributed by atoms with Crippen molar-refractivity contribution in [3.63, 3.8) is 0 Å². The third-order valence-corrected chi connectivity index (χ3v) is 5.73. The third kappa shape index (κ3) is 6.02. The summed E-state index contributed by atoms with van der Waals surface area (Å²) in [6.45, 7) is 5.93.